The molecule has 1 aliphatic carbocycles. The quantitative estimate of drug-likeness (QED) is 0.186. The number of hydrogen-bond acceptors (Lipinski definition) is 3. The first-order chi connectivity index (χ1) is 21.5. The van der Waals surface area contributed by atoms with Gasteiger partial charge in [-0.15, -0.1) is 11.8 Å². The predicted molar refractivity (Wildman–Crippen MR) is 188 cm³/mol. The third-order valence-corrected chi connectivity index (χ3v) is 11.5. The minimum Gasteiger partial charge on any atom is -0.454 e. The van der Waals surface area contributed by atoms with Crippen LogP contribution < -0.4 is 0 Å². The summed E-state index contributed by atoms with van der Waals surface area (Å²) in [4.78, 5) is 3.55. The minimum absolute atomic E-state index is 0.0989. The number of para-hydroxylation sites is 2. The van der Waals surface area contributed by atoms with Gasteiger partial charge < -0.3 is 8.98 Å². The third kappa shape index (κ3) is 3.71. The van der Waals surface area contributed by atoms with E-state index < -0.39 is 0 Å². The van der Waals surface area contributed by atoms with E-state index in [2.05, 4.69) is 134 Å². The minimum atomic E-state index is -0.0989. The van der Waals surface area contributed by atoms with Crippen LogP contribution >= 0.6 is 23.5 Å². The van der Waals surface area contributed by atoms with Gasteiger partial charge in [-0.05, 0) is 64.7 Å². The molecule has 2 nitrogen and oxygen atoms in total. The molecule has 0 saturated carbocycles. The van der Waals surface area contributed by atoms with Crippen LogP contribution in [0.1, 0.15) is 36.2 Å². The van der Waals surface area contributed by atoms with Crippen LogP contribution in [0.3, 0.4) is 0 Å². The highest BCUT2D eigenvalue weighted by Gasteiger charge is 2.36. The van der Waals surface area contributed by atoms with Gasteiger partial charge >= 0.3 is 0 Å². The van der Waals surface area contributed by atoms with Gasteiger partial charge in [-0.25, -0.2) is 0 Å². The number of thioether (sulfide) groups is 2. The van der Waals surface area contributed by atoms with Crippen molar-refractivity contribution in [2.45, 2.75) is 34.8 Å². The Bertz CT molecular complexity index is 2370. The van der Waals surface area contributed by atoms with E-state index in [0.29, 0.717) is 0 Å². The van der Waals surface area contributed by atoms with Crippen LogP contribution in [-0.2, 0) is 11.2 Å². The highest BCUT2D eigenvalue weighted by Crippen LogP contribution is 2.51. The fourth-order valence-corrected chi connectivity index (χ4v) is 9.22. The molecule has 4 heteroatoms. The monoisotopic (exact) mass is 603 g/mol. The van der Waals surface area contributed by atoms with Crippen molar-refractivity contribution in [2.24, 2.45) is 0 Å². The summed E-state index contributed by atoms with van der Waals surface area (Å²) in [6.45, 7) is 9.13. The Labute approximate surface area is 265 Å². The van der Waals surface area contributed by atoms with E-state index in [9.17, 15) is 0 Å². The van der Waals surface area contributed by atoms with Gasteiger partial charge in [0, 0.05) is 53.3 Å². The zero-order chi connectivity index (χ0) is 29.6. The highest BCUT2D eigenvalue weighted by molar-refractivity contribution is 8.04. The van der Waals surface area contributed by atoms with Crippen LogP contribution in [0.2, 0.25) is 0 Å². The van der Waals surface area contributed by atoms with E-state index in [1.807, 2.05) is 17.8 Å². The van der Waals surface area contributed by atoms with Gasteiger partial charge in [-0.2, -0.15) is 0 Å². The molecule has 0 N–H and O–H groups in total. The molecule has 0 unspecified atom stereocenters. The van der Waals surface area contributed by atoms with Gasteiger partial charge in [-0.1, -0.05) is 105 Å². The number of furan rings is 1. The van der Waals surface area contributed by atoms with Gasteiger partial charge in [0.2, 0.25) is 0 Å². The number of fused-ring (bicyclic) bond motifs is 10. The number of aromatic nitrogens is 1. The Morgan fingerprint density at radius 1 is 0.727 bits per heavy atom. The molecule has 0 atom stereocenters. The molecule has 1 aliphatic heterocycles. The molecule has 0 spiro atoms. The van der Waals surface area contributed by atoms with E-state index in [-0.39, 0.29) is 5.41 Å². The number of allylic oxidation sites excluding steroid dienone is 1. The second-order valence-electron chi connectivity index (χ2n) is 12.2. The lowest BCUT2D eigenvalue weighted by molar-refractivity contribution is 0.660. The highest BCUT2D eigenvalue weighted by atomic mass is 32.2. The van der Waals surface area contributed by atoms with E-state index in [1.165, 1.54) is 54.2 Å². The van der Waals surface area contributed by atoms with Crippen LogP contribution in [-0.4, -0.2) is 4.57 Å². The van der Waals surface area contributed by atoms with Gasteiger partial charge in [0.15, 0.2) is 5.58 Å². The lowest BCUT2D eigenvalue weighted by atomic mass is 9.82. The molecule has 9 rings (SSSR count). The first-order valence-corrected chi connectivity index (χ1v) is 16.8. The summed E-state index contributed by atoms with van der Waals surface area (Å²) >= 11 is 3.64. The van der Waals surface area contributed by atoms with E-state index >= 15 is 0 Å². The lowest BCUT2D eigenvalue weighted by Gasteiger charge is -2.22. The van der Waals surface area contributed by atoms with Gasteiger partial charge in [0.05, 0.1) is 11.2 Å². The van der Waals surface area contributed by atoms with E-state index in [4.69, 9.17) is 4.42 Å². The van der Waals surface area contributed by atoms with Gasteiger partial charge in [-0.3, -0.25) is 0 Å². The molecule has 44 heavy (non-hydrogen) atoms. The lowest BCUT2D eigenvalue weighted by Crippen LogP contribution is -2.15. The summed E-state index contributed by atoms with van der Waals surface area (Å²) in [5.41, 5.74) is 11.9. The number of hydrogen-bond donors (Lipinski definition) is 0. The Morgan fingerprint density at radius 2 is 1.50 bits per heavy atom. The zero-order valence-electron chi connectivity index (χ0n) is 24.6. The molecule has 0 radical (unpaired) electrons. The van der Waals surface area contributed by atoms with Crippen molar-refractivity contribution in [3.05, 3.63) is 143 Å². The smallest absolute Gasteiger partial charge is 0.159 e. The topological polar surface area (TPSA) is 18.1 Å². The fraction of sp³-hybridized carbons (Fsp3) is 0.100. The van der Waals surface area contributed by atoms with Crippen LogP contribution in [0.15, 0.2) is 135 Å². The maximum atomic E-state index is 6.64. The maximum Gasteiger partial charge on any atom is 0.159 e. The van der Waals surface area contributed by atoms with Crippen molar-refractivity contribution < 1.29 is 4.42 Å². The van der Waals surface area contributed by atoms with Crippen LogP contribution in [0.25, 0.3) is 55.7 Å². The normalized spacial score (nSPS) is 16.1. The molecule has 2 aliphatic rings. The van der Waals surface area contributed by atoms with Crippen molar-refractivity contribution in [1.82, 2.24) is 4.57 Å². The second-order valence-corrected chi connectivity index (χ2v) is 14.4. The van der Waals surface area contributed by atoms with Gasteiger partial charge in [0.25, 0.3) is 0 Å². The number of nitrogens with zero attached hydrogens (tertiary/aromatic N) is 1. The standard InChI is InChI=1S/C40H29NOS2/c1-24-19-20-26-30-21-29-25-11-4-6-14-31(25)40(2,3)32(29)22-34(30)41(35(26)23-43-37-17-8-9-18-38(37)44-24)33-15-10-13-28-27-12-5-7-16-36(27)42-39(28)33/h4-22H,1,23H2,2-3H3/b20-19-. The maximum absolute atomic E-state index is 6.64. The van der Waals surface area contributed by atoms with E-state index in [0.717, 1.165) is 38.3 Å². The fourth-order valence-electron chi connectivity index (χ4n) is 7.22. The summed E-state index contributed by atoms with van der Waals surface area (Å²) in [5.74, 6) is 0.819. The van der Waals surface area contributed by atoms with Crippen molar-refractivity contribution in [3.63, 3.8) is 0 Å². The molecule has 212 valence electrons. The zero-order valence-corrected chi connectivity index (χ0v) is 26.2. The third-order valence-electron chi connectivity index (χ3n) is 9.33. The van der Waals surface area contributed by atoms with Crippen LogP contribution in [0.5, 0.6) is 0 Å². The summed E-state index contributed by atoms with van der Waals surface area (Å²) < 4.78 is 9.12. The van der Waals surface area contributed by atoms with Crippen LogP contribution in [0.4, 0.5) is 0 Å². The average molecular weight is 604 g/mol. The summed E-state index contributed by atoms with van der Waals surface area (Å²) in [6, 6.07) is 37.4. The molecule has 5 aromatic carbocycles. The van der Waals surface area contributed by atoms with Crippen molar-refractivity contribution in [1.29, 1.82) is 0 Å². The Balaban J connectivity index is 1.40. The van der Waals surface area contributed by atoms with Crippen molar-refractivity contribution in [2.75, 3.05) is 0 Å². The molecule has 0 bridgehead atoms. The Morgan fingerprint density at radius 3 is 2.41 bits per heavy atom. The van der Waals surface area contributed by atoms with Gasteiger partial charge in [0.1, 0.15) is 5.58 Å². The number of benzene rings is 5. The molecule has 7 aromatic rings. The summed E-state index contributed by atoms with van der Waals surface area (Å²) in [6.07, 6.45) is 4.47. The molecule has 3 heterocycles. The number of rotatable bonds is 1. The van der Waals surface area contributed by atoms with Crippen molar-refractivity contribution >= 4 is 62.4 Å². The average Bonchev–Trinajstić information content (AvgIpc) is 3.64. The Kier molecular flexibility index (Phi) is 5.66. The molecule has 0 amide bonds. The predicted octanol–water partition coefficient (Wildman–Crippen LogP) is 11.8. The largest absolute Gasteiger partial charge is 0.454 e. The Hall–Kier alpha value is -4.38. The second kappa shape index (κ2) is 9.56. The molecule has 0 saturated heterocycles. The van der Waals surface area contributed by atoms with Crippen LogP contribution in [0, 0.1) is 0 Å². The summed E-state index contributed by atoms with van der Waals surface area (Å²) in [7, 11) is 0. The molecular formula is C40H29NOS2. The SMILES string of the molecule is C=C1/C=C\c2c(n(-c3cccc4c3oc3ccccc34)c3cc4c(cc23)-c2ccccc2C4(C)C)CSc2ccccc2S1. The first-order valence-electron chi connectivity index (χ1n) is 15.0. The first kappa shape index (κ1) is 26.1. The summed E-state index contributed by atoms with van der Waals surface area (Å²) in [5, 5.41) is 3.54. The molecule has 2 aromatic heterocycles. The van der Waals surface area contributed by atoms with Crippen molar-refractivity contribution in [3.8, 4) is 16.8 Å². The van der Waals surface area contributed by atoms with E-state index in [1.54, 1.807) is 11.8 Å². The molecular weight excluding hydrogens is 575 g/mol. The molecule has 0 fully saturated rings.